The lowest BCUT2D eigenvalue weighted by atomic mass is 9.99. The first-order valence-corrected chi connectivity index (χ1v) is 5.43. The minimum absolute atomic E-state index is 0.624. The summed E-state index contributed by atoms with van der Waals surface area (Å²) in [5, 5.41) is 12.1. The molecule has 0 amide bonds. The number of thioether (sulfide) groups is 1. The van der Waals surface area contributed by atoms with Crippen molar-refractivity contribution in [2.24, 2.45) is 0 Å². The van der Waals surface area contributed by atoms with Gasteiger partial charge in [0, 0.05) is 5.75 Å². The van der Waals surface area contributed by atoms with E-state index in [1.165, 1.54) is 0 Å². The summed E-state index contributed by atoms with van der Waals surface area (Å²) in [6.45, 7) is 2.84. The monoisotopic (exact) mass is 189 g/mol. The van der Waals surface area contributed by atoms with Gasteiger partial charge in [-0.1, -0.05) is 6.92 Å². The molecule has 12 heavy (non-hydrogen) atoms. The molecule has 1 saturated heterocycles. The second-order valence-electron chi connectivity index (χ2n) is 3.12. The van der Waals surface area contributed by atoms with Crippen molar-refractivity contribution in [2.75, 3.05) is 18.1 Å². The zero-order chi connectivity index (χ0) is 9.03. The molecule has 1 rings (SSSR count). The van der Waals surface area contributed by atoms with Crippen molar-refractivity contribution in [2.45, 2.75) is 25.3 Å². The van der Waals surface area contributed by atoms with Crippen molar-refractivity contribution < 1.29 is 9.90 Å². The van der Waals surface area contributed by atoms with Crippen molar-refractivity contribution in [3.63, 3.8) is 0 Å². The molecule has 0 bridgehead atoms. The fraction of sp³-hybridized carbons (Fsp3) is 0.875. The van der Waals surface area contributed by atoms with Gasteiger partial charge < -0.3 is 10.4 Å². The van der Waals surface area contributed by atoms with Gasteiger partial charge in [-0.05, 0) is 25.1 Å². The van der Waals surface area contributed by atoms with E-state index in [0.717, 1.165) is 25.1 Å². The molecule has 4 heteroatoms. The Bertz CT molecular complexity index is 166. The highest BCUT2D eigenvalue weighted by atomic mass is 32.2. The van der Waals surface area contributed by atoms with Gasteiger partial charge in [0.15, 0.2) is 0 Å². The summed E-state index contributed by atoms with van der Waals surface area (Å²) >= 11 is 1.72. The molecular weight excluding hydrogens is 174 g/mol. The summed E-state index contributed by atoms with van der Waals surface area (Å²) in [6.07, 6.45) is 1.74. The quantitative estimate of drug-likeness (QED) is 0.691. The molecule has 3 nitrogen and oxygen atoms in total. The van der Waals surface area contributed by atoms with Crippen molar-refractivity contribution in [3.8, 4) is 0 Å². The third kappa shape index (κ3) is 1.93. The molecule has 1 atom stereocenters. The van der Waals surface area contributed by atoms with Crippen molar-refractivity contribution >= 4 is 17.7 Å². The first-order chi connectivity index (χ1) is 5.71. The lowest BCUT2D eigenvalue weighted by Gasteiger charge is -2.24. The largest absolute Gasteiger partial charge is 0.480 e. The Morgan fingerprint density at radius 1 is 1.75 bits per heavy atom. The van der Waals surface area contributed by atoms with E-state index in [9.17, 15) is 4.79 Å². The van der Waals surface area contributed by atoms with E-state index >= 15 is 0 Å². The summed E-state index contributed by atoms with van der Waals surface area (Å²) < 4.78 is 0. The average molecular weight is 189 g/mol. The van der Waals surface area contributed by atoms with E-state index in [4.69, 9.17) is 5.11 Å². The molecule has 70 valence electrons. The Morgan fingerprint density at radius 3 is 2.92 bits per heavy atom. The van der Waals surface area contributed by atoms with Crippen LogP contribution in [0.5, 0.6) is 0 Å². The topological polar surface area (TPSA) is 49.3 Å². The maximum atomic E-state index is 11.0. The Balaban J connectivity index is 2.53. The van der Waals surface area contributed by atoms with Crippen LogP contribution in [0.3, 0.4) is 0 Å². The summed E-state index contributed by atoms with van der Waals surface area (Å²) in [6, 6.07) is 0. The van der Waals surface area contributed by atoms with E-state index in [0.29, 0.717) is 5.75 Å². The Morgan fingerprint density at radius 2 is 2.50 bits per heavy atom. The molecule has 1 fully saturated rings. The number of hydrogen-bond acceptors (Lipinski definition) is 3. The highest BCUT2D eigenvalue weighted by Crippen LogP contribution is 2.28. The van der Waals surface area contributed by atoms with Crippen LogP contribution in [0.1, 0.15) is 19.8 Å². The smallest absolute Gasteiger partial charge is 0.324 e. The van der Waals surface area contributed by atoms with Crippen LogP contribution in [0.2, 0.25) is 0 Å². The van der Waals surface area contributed by atoms with E-state index in [1.54, 1.807) is 11.8 Å². The van der Waals surface area contributed by atoms with Gasteiger partial charge in [-0.2, -0.15) is 11.8 Å². The summed E-state index contributed by atoms with van der Waals surface area (Å²) in [7, 11) is 0. The molecule has 0 spiro atoms. The summed E-state index contributed by atoms with van der Waals surface area (Å²) in [5.41, 5.74) is -0.624. The van der Waals surface area contributed by atoms with Gasteiger partial charge in [-0.15, -0.1) is 0 Å². The zero-order valence-electron chi connectivity index (χ0n) is 7.30. The fourth-order valence-electron chi connectivity index (χ4n) is 1.31. The van der Waals surface area contributed by atoms with E-state index in [-0.39, 0.29) is 0 Å². The molecule has 0 aromatic rings. The molecular formula is C8H15NO2S. The standard InChI is InChI=1S/C8H15NO2S/c1-2-4-9-8(7(10)11)3-5-12-6-8/h9H,2-6H2,1H3,(H,10,11). The molecule has 1 aliphatic heterocycles. The lowest BCUT2D eigenvalue weighted by Crippen LogP contribution is -2.52. The molecule has 2 N–H and O–H groups in total. The number of aliphatic carboxylic acids is 1. The van der Waals surface area contributed by atoms with Gasteiger partial charge in [-0.3, -0.25) is 4.79 Å². The van der Waals surface area contributed by atoms with Crippen molar-refractivity contribution in [1.29, 1.82) is 0 Å². The molecule has 0 saturated carbocycles. The average Bonchev–Trinajstić information content (AvgIpc) is 2.50. The Hall–Kier alpha value is -0.220. The lowest BCUT2D eigenvalue weighted by molar-refractivity contribution is -0.143. The second-order valence-corrected chi connectivity index (χ2v) is 4.22. The third-order valence-corrected chi connectivity index (χ3v) is 3.33. The summed E-state index contributed by atoms with van der Waals surface area (Å²) in [5.74, 6) is 0.978. The van der Waals surface area contributed by atoms with Crippen LogP contribution in [0.4, 0.5) is 0 Å². The fourth-order valence-corrected chi connectivity index (χ4v) is 2.67. The summed E-state index contributed by atoms with van der Waals surface area (Å²) in [4.78, 5) is 11.0. The Kier molecular flexibility index (Phi) is 3.40. The number of carboxylic acid groups (broad SMARTS) is 1. The molecule has 1 unspecified atom stereocenters. The second kappa shape index (κ2) is 4.14. The van der Waals surface area contributed by atoms with Gasteiger partial charge in [0.25, 0.3) is 0 Å². The highest BCUT2D eigenvalue weighted by Gasteiger charge is 2.40. The first kappa shape index (κ1) is 9.86. The van der Waals surface area contributed by atoms with Crippen molar-refractivity contribution in [3.05, 3.63) is 0 Å². The maximum absolute atomic E-state index is 11.0. The van der Waals surface area contributed by atoms with Crippen LogP contribution in [-0.2, 0) is 4.79 Å². The number of rotatable bonds is 4. The van der Waals surface area contributed by atoms with Crippen LogP contribution in [0, 0.1) is 0 Å². The number of hydrogen-bond donors (Lipinski definition) is 2. The molecule has 0 aromatic carbocycles. The SMILES string of the molecule is CCCNC1(C(=O)O)CCSC1. The molecule has 1 aliphatic rings. The highest BCUT2D eigenvalue weighted by molar-refractivity contribution is 7.99. The number of carbonyl (C=O) groups is 1. The van der Waals surface area contributed by atoms with Crippen LogP contribution in [0.15, 0.2) is 0 Å². The normalized spacial score (nSPS) is 29.1. The van der Waals surface area contributed by atoms with Gasteiger partial charge in [-0.25, -0.2) is 0 Å². The molecule has 0 radical (unpaired) electrons. The van der Waals surface area contributed by atoms with Gasteiger partial charge >= 0.3 is 5.97 Å². The first-order valence-electron chi connectivity index (χ1n) is 4.27. The zero-order valence-corrected chi connectivity index (χ0v) is 8.12. The van der Waals surface area contributed by atoms with Crippen molar-refractivity contribution in [1.82, 2.24) is 5.32 Å². The van der Waals surface area contributed by atoms with Gasteiger partial charge in [0.05, 0.1) is 0 Å². The van der Waals surface area contributed by atoms with E-state index < -0.39 is 11.5 Å². The van der Waals surface area contributed by atoms with Gasteiger partial charge in [0.2, 0.25) is 0 Å². The number of carboxylic acids is 1. The molecule has 0 aliphatic carbocycles. The minimum atomic E-state index is -0.694. The third-order valence-electron chi connectivity index (χ3n) is 2.14. The molecule has 1 heterocycles. The van der Waals surface area contributed by atoms with Crippen LogP contribution < -0.4 is 5.32 Å². The Labute approximate surface area is 76.9 Å². The maximum Gasteiger partial charge on any atom is 0.324 e. The van der Waals surface area contributed by atoms with Crippen LogP contribution in [-0.4, -0.2) is 34.7 Å². The van der Waals surface area contributed by atoms with E-state index in [1.807, 2.05) is 6.92 Å². The van der Waals surface area contributed by atoms with E-state index in [2.05, 4.69) is 5.32 Å². The number of nitrogens with one attached hydrogen (secondary N) is 1. The minimum Gasteiger partial charge on any atom is -0.480 e. The molecule has 0 aromatic heterocycles. The predicted molar refractivity (Wildman–Crippen MR) is 50.6 cm³/mol. The van der Waals surface area contributed by atoms with Crippen LogP contribution >= 0.6 is 11.8 Å². The van der Waals surface area contributed by atoms with Gasteiger partial charge in [0.1, 0.15) is 5.54 Å². The van der Waals surface area contributed by atoms with Crippen LogP contribution in [0.25, 0.3) is 0 Å². The predicted octanol–water partition coefficient (Wildman–Crippen LogP) is 0.946.